The van der Waals surface area contributed by atoms with Crippen LogP contribution in [0.3, 0.4) is 0 Å². The molecule has 5 rings (SSSR count). The Balaban J connectivity index is 1.70. The molecule has 0 spiro atoms. The molecule has 0 aliphatic heterocycles. The molecule has 0 saturated carbocycles. The molecule has 0 aliphatic rings. The van der Waals surface area contributed by atoms with Crippen molar-refractivity contribution in [2.75, 3.05) is 0 Å². The minimum atomic E-state index is -0.541. The van der Waals surface area contributed by atoms with Crippen molar-refractivity contribution < 1.29 is 14.6 Å². The van der Waals surface area contributed by atoms with E-state index < -0.39 is 5.97 Å². The van der Waals surface area contributed by atoms with E-state index in [0.29, 0.717) is 5.39 Å². The molecule has 0 saturated heterocycles. The molecule has 0 aliphatic carbocycles. The Hall–Kier alpha value is -3.57. The Labute approximate surface area is 183 Å². The van der Waals surface area contributed by atoms with Gasteiger partial charge < -0.3 is 14.8 Å². The van der Waals surface area contributed by atoms with E-state index in [1.807, 2.05) is 54.6 Å². The summed E-state index contributed by atoms with van der Waals surface area (Å²) >= 11 is 1.71. The number of benzene rings is 3. The fraction of sp³-hybridized carbons (Fsp3) is 0.115. The van der Waals surface area contributed by atoms with Crippen LogP contribution in [0.5, 0.6) is 5.75 Å². The van der Waals surface area contributed by atoms with Crippen molar-refractivity contribution >= 4 is 39.1 Å². The van der Waals surface area contributed by atoms with Gasteiger partial charge in [-0.1, -0.05) is 48.5 Å². The van der Waals surface area contributed by atoms with Crippen LogP contribution in [0.25, 0.3) is 32.9 Å². The Bertz CT molecular complexity index is 1430. The van der Waals surface area contributed by atoms with E-state index in [0.717, 1.165) is 38.0 Å². The first-order valence-corrected chi connectivity index (χ1v) is 10.9. The van der Waals surface area contributed by atoms with E-state index in [1.54, 1.807) is 17.4 Å². The number of rotatable bonds is 4. The average Bonchev–Trinajstić information content (AvgIpc) is 3.31. The van der Waals surface area contributed by atoms with E-state index in [4.69, 9.17) is 4.74 Å². The number of thiophene rings is 1. The second-order valence-corrected chi connectivity index (χ2v) is 9.09. The van der Waals surface area contributed by atoms with Gasteiger partial charge in [0.2, 0.25) is 0 Å². The molecule has 4 nitrogen and oxygen atoms in total. The third-order valence-corrected chi connectivity index (χ3v) is 6.48. The predicted octanol–water partition coefficient (Wildman–Crippen LogP) is 6.73. The zero-order valence-electron chi connectivity index (χ0n) is 17.2. The normalized spacial score (nSPS) is 11.3. The van der Waals surface area contributed by atoms with Crippen molar-refractivity contribution in [1.82, 2.24) is 4.98 Å². The van der Waals surface area contributed by atoms with E-state index in [-0.39, 0.29) is 17.9 Å². The maximum atomic E-state index is 13.1. The smallest absolute Gasteiger partial charge is 0.342 e. The summed E-state index contributed by atoms with van der Waals surface area (Å²) in [5.41, 5.74) is 4.75. The van der Waals surface area contributed by atoms with E-state index in [2.05, 4.69) is 24.9 Å². The SMILES string of the molecule is Cc1cc(-c2cc(O)c(C(=O)OCc3ccccc3)c3c2[nH]c2ccccc23)c(C)s1. The third kappa shape index (κ3) is 3.37. The fourth-order valence-electron chi connectivity index (χ4n) is 4.13. The topological polar surface area (TPSA) is 62.3 Å². The lowest BCUT2D eigenvalue weighted by atomic mass is 9.97. The predicted molar refractivity (Wildman–Crippen MR) is 126 cm³/mol. The van der Waals surface area contributed by atoms with Gasteiger partial charge in [-0.15, -0.1) is 11.3 Å². The van der Waals surface area contributed by atoms with Crippen molar-refractivity contribution in [1.29, 1.82) is 0 Å². The van der Waals surface area contributed by atoms with E-state index in [1.165, 1.54) is 4.88 Å². The molecule has 0 fully saturated rings. The number of carbonyl (C=O) groups is 1. The maximum Gasteiger partial charge on any atom is 0.342 e. The quantitative estimate of drug-likeness (QED) is 0.313. The van der Waals surface area contributed by atoms with Crippen LogP contribution in [-0.2, 0) is 11.3 Å². The highest BCUT2D eigenvalue weighted by atomic mass is 32.1. The minimum absolute atomic E-state index is 0.0754. The summed E-state index contributed by atoms with van der Waals surface area (Å²) < 4.78 is 5.58. The molecule has 2 N–H and O–H groups in total. The second kappa shape index (κ2) is 7.60. The fourth-order valence-corrected chi connectivity index (χ4v) is 5.06. The molecule has 154 valence electrons. The van der Waals surface area contributed by atoms with Gasteiger partial charge in [-0.05, 0) is 43.2 Å². The Morgan fingerprint density at radius 2 is 1.74 bits per heavy atom. The van der Waals surface area contributed by atoms with Crippen molar-refractivity contribution in [2.24, 2.45) is 0 Å². The number of aryl methyl sites for hydroxylation is 2. The van der Waals surface area contributed by atoms with Crippen molar-refractivity contribution in [3.05, 3.63) is 87.6 Å². The highest BCUT2D eigenvalue weighted by molar-refractivity contribution is 7.12. The van der Waals surface area contributed by atoms with Gasteiger partial charge in [-0.25, -0.2) is 4.79 Å². The summed E-state index contributed by atoms with van der Waals surface area (Å²) in [5, 5.41) is 12.5. The first-order chi connectivity index (χ1) is 15.0. The van der Waals surface area contributed by atoms with Crippen LogP contribution in [0.1, 0.15) is 25.7 Å². The molecule has 0 unspecified atom stereocenters. The number of fused-ring (bicyclic) bond motifs is 3. The lowest BCUT2D eigenvalue weighted by Crippen LogP contribution is -2.06. The number of H-pyrrole nitrogens is 1. The maximum absolute atomic E-state index is 13.1. The summed E-state index contributed by atoms with van der Waals surface area (Å²) in [5.74, 6) is -0.616. The van der Waals surface area contributed by atoms with Crippen LogP contribution in [0.4, 0.5) is 0 Å². The molecule has 0 atom stereocenters. The van der Waals surface area contributed by atoms with Gasteiger partial charge >= 0.3 is 5.97 Å². The molecule has 0 bridgehead atoms. The van der Waals surface area contributed by atoms with Gasteiger partial charge in [0.1, 0.15) is 17.9 Å². The lowest BCUT2D eigenvalue weighted by molar-refractivity contribution is 0.0472. The Morgan fingerprint density at radius 3 is 2.48 bits per heavy atom. The zero-order chi connectivity index (χ0) is 21.5. The number of phenols is 1. The molecule has 0 radical (unpaired) electrons. The Morgan fingerprint density at radius 1 is 1.00 bits per heavy atom. The molecule has 5 aromatic rings. The number of aromatic nitrogens is 1. The molecule has 0 amide bonds. The summed E-state index contributed by atoms with van der Waals surface area (Å²) in [6, 6.07) is 21.1. The second-order valence-electron chi connectivity index (χ2n) is 7.63. The largest absolute Gasteiger partial charge is 0.507 e. The van der Waals surface area contributed by atoms with Crippen LogP contribution in [0.2, 0.25) is 0 Å². The van der Waals surface area contributed by atoms with E-state index >= 15 is 0 Å². The van der Waals surface area contributed by atoms with Gasteiger partial charge in [-0.3, -0.25) is 0 Å². The number of hydrogen-bond donors (Lipinski definition) is 2. The van der Waals surface area contributed by atoms with Crippen LogP contribution in [0.15, 0.2) is 66.7 Å². The molecular weight excluding hydrogens is 406 g/mol. The lowest BCUT2D eigenvalue weighted by Gasteiger charge is -2.11. The number of nitrogens with one attached hydrogen (secondary N) is 1. The standard InChI is InChI=1S/C26H21NO3S/c1-15-12-19(16(2)31-15)20-13-22(28)24(26(29)30-14-17-8-4-3-5-9-17)23-18-10-6-7-11-21(18)27-25(20)23/h3-13,27-28H,14H2,1-2H3. The van der Waals surface area contributed by atoms with Crippen molar-refractivity contribution in [3.63, 3.8) is 0 Å². The van der Waals surface area contributed by atoms with Gasteiger partial charge in [0, 0.05) is 31.6 Å². The first-order valence-electron chi connectivity index (χ1n) is 10.1. The molecule has 2 aromatic heterocycles. The van der Waals surface area contributed by atoms with Gasteiger partial charge in [0.05, 0.1) is 5.52 Å². The number of hydrogen-bond acceptors (Lipinski definition) is 4. The first kappa shape index (κ1) is 19.4. The number of ether oxygens (including phenoxy) is 1. The van der Waals surface area contributed by atoms with Gasteiger partial charge in [0.25, 0.3) is 0 Å². The monoisotopic (exact) mass is 427 g/mol. The number of aromatic amines is 1. The van der Waals surface area contributed by atoms with Crippen molar-refractivity contribution in [2.45, 2.75) is 20.5 Å². The number of aromatic hydroxyl groups is 1. The summed E-state index contributed by atoms with van der Waals surface area (Å²) in [6.45, 7) is 4.28. The van der Waals surface area contributed by atoms with Gasteiger partial charge in [0.15, 0.2) is 0 Å². The van der Waals surface area contributed by atoms with Crippen LogP contribution >= 0.6 is 11.3 Å². The minimum Gasteiger partial charge on any atom is -0.507 e. The molecular formula is C26H21NO3S. The van der Waals surface area contributed by atoms with Crippen LogP contribution < -0.4 is 0 Å². The highest BCUT2D eigenvalue weighted by Gasteiger charge is 2.24. The zero-order valence-corrected chi connectivity index (χ0v) is 18.0. The average molecular weight is 428 g/mol. The summed E-state index contributed by atoms with van der Waals surface area (Å²) in [6.07, 6.45) is 0. The number of para-hydroxylation sites is 1. The third-order valence-electron chi connectivity index (χ3n) is 5.51. The van der Waals surface area contributed by atoms with Crippen LogP contribution in [-0.4, -0.2) is 16.1 Å². The number of carbonyl (C=O) groups excluding carboxylic acids is 1. The molecule has 3 aromatic carbocycles. The highest BCUT2D eigenvalue weighted by Crippen LogP contribution is 2.42. The van der Waals surface area contributed by atoms with Crippen LogP contribution in [0, 0.1) is 13.8 Å². The molecule has 5 heteroatoms. The number of esters is 1. The van der Waals surface area contributed by atoms with Gasteiger partial charge in [-0.2, -0.15) is 0 Å². The van der Waals surface area contributed by atoms with E-state index in [9.17, 15) is 9.90 Å². The molecule has 31 heavy (non-hydrogen) atoms. The summed E-state index contributed by atoms with van der Waals surface area (Å²) in [4.78, 5) is 18.9. The van der Waals surface area contributed by atoms with Crippen molar-refractivity contribution in [3.8, 4) is 16.9 Å². The molecule has 2 heterocycles. The number of phenolic OH excluding ortho intramolecular Hbond substituents is 1. The Kier molecular flexibility index (Phi) is 4.75. The summed E-state index contributed by atoms with van der Waals surface area (Å²) in [7, 11) is 0.